The van der Waals surface area contributed by atoms with E-state index in [0.29, 0.717) is 5.75 Å². The Labute approximate surface area is 174 Å². The molecule has 0 aromatic heterocycles. The third-order valence-electron chi connectivity index (χ3n) is 5.27. The molecule has 0 saturated carbocycles. The largest absolute Gasteiger partial charge is 0.508 e. The Morgan fingerprint density at radius 3 is 2.46 bits per heavy atom. The summed E-state index contributed by atoms with van der Waals surface area (Å²) in [4.78, 5) is 5.05. The molecule has 142 valence electrons. The van der Waals surface area contributed by atoms with Crippen LogP contribution in [0.15, 0.2) is 76.2 Å². The highest BCUT2D eigenvalue weighted by molar-refractivity contribution is 9.10. The van der Waals surface area contributed by atoms with Gasteiger partial charge in [0, 0.05) is 28.2 Å². The fraction of sp³-hybridized carbons (Fsp3) is 0.208. The quantitative estimate of drug-likeness (QED) is 0.531. The highest BCUT2D eigenvalue weighted by Crippen LogP contribution is 2.36. The number of halogens is 1. The van der Waals surface area contributed by atoms with Gasteiger partial charge in [0.1, 0.15) is 11.9 Å². The van der Waals surface area contributed by atoms with E-state index in [1.807, 2.05) is 24.3 Å². The van der Waals surface area contributed by atoms with Gasteiger partial charge in [-0.3, -0.25) is 10.3 Å². The molecule has 1 aliphatic heterocycles. The topological polar surface area (TPSA) is 44.6 Å². The van der Waals surface area contributed by atoms with E-state index in [-0.39, 0.29) is 12.2 Å². The first-order chi connectivity index (χ1) is 13.5. The van der Waals surface area contributed by atoms with E-state index < -0.39 is 0 Å². The summed E-state index contributed by atoms with van der Waals surface area (Å²) in [6.07, 6.45) is 0.560. The molecule has 0 bridgehead atoms. The molecule has 4 rings (SSSR count). The van der Waals surface area contributed by atoms with Crippen LogP contribution in [0.25, 0.3) is 0 Å². The number of hydrogen-bond donors (Lipinski definition) is 2. The average Bonchev–Trinajstić information content (AvgIpc) is 2.70. The highest BCUT2D eigenvalue weighted by Gasteiger charge is 2.28. The summed E-state index contributed by atoms with van der Waals surface area (Å²) in [7, 11) is 0. The SMILES string of the molecule is Cc1ccc(C2=N[C@H](c3ccccc3C)N[C@H](c3cc(Br)ccc3O)C2)cc1. The van der Waals surface area contributed by atoms with E-state index in [2.05, 4.69) is 71.5 Å². The summed E-state index contributed by atoms with van der Waals surface area (Å²) in [6, 6.07) is 22.4. The maximum Gasteiger partial charge on any atom is 0.126 e. The van der Waals surface area contributed by atoms with E-state index >= 15 is 0 Å². The minimum atomic E-state index is -0.158. The fourth-order valence-electron chi connectivity index (χ4n) is 3.68. The molecule has 0 fully saturated rings. The lowest BCUT2D eigenvalue weighted by atomic mass is 9.92. The minimum Gasteiger partial charge on any atom is -0.508 e. The van der Waals surface area contributed by atoms with Crippen LogP contribution in [-0.4, -0.2) is 10.8 Å². The van der Waals surface area contributed by atoms with Crippen LogP contribution in [0.2, 0.25) is 0 Å². The van der Waals surface area contributed by atoms with Crippen molar-refractivity contribution in [2.24, 2.45) is 4.99 Å². The lowest BCUT2D eigenvalue weighted by Gasteiger charge is -2.31. The number of phenols is 1. The van der Waals surface area contributed by atoms with Crippen LogP contribution < -0.4 is 5.32 Å². The molecule has 1 aliphatic rings. The van der Waals surface area contributed by atoms with Gasteiger partial charge in [0.05, 0.1) is 0 Å². The molecule has 1 heterocycles. The van der Waals surface area contributed by atoms with Gasteiger partial charge in [0.2, 0.25) is 0 Å². The van der Waals surface area contributed by atoms with Crippen molar-refractivity contribution >= 4 is 21.6 Å². The summed E-state index contributed by atoms with van der Waals surface area (Å²) in [5, 5.41) is 14.1. The van der Waals surface area contributed by atoms with Crippen molar-refractivity contribution in [1.29, 1.82) is 0 Å². The first-order valence-electron chi connectivity index (χ1n) is 9.45. The van der Waals surface area contributed by atoms with Gasteiger partial charge in [-0.05, 0) is 48.7 Å². The van der Waals surface area contributed by atoms with Gasteiger partial charge in [-0.15, -0.1) is 0 Å². The smallest absolute Gasteiger partial charge is 0.126 e. The Morgan fingerprint density at radius 1 is 0.964 bits per heavy atom. The van der Waals surface area contributed by atoms with Gasteiger partial charge in [0.15, 0.2) is 0 Å². The van der Waals surface area contributed by atoms with Crippen molar-refractivity contribution in [3.63, 3.8) is 0 Å². The molecule has 3 aromatic rings. The van der Waals surface area contributed by atoms with E-state index in [4.69, 9.17) is 4.99 Å². The lowest BCUT2D eigenvalue weighted by molar-refractivity contribution is 0.412. The monoisotopic (exact) mass is 434 g/mol. The molecule has 0 aliphatic carbocycles. The number of phenolic OH excluding ortho intramolecular Hbond substituents is 1. The number of aliphatic imine (C=N–C) groups is 1. The number of hydrogen-bond acceptors (Lipinski definition) is 3. The molecule has 3 nitrogen and oxygen atoms in total. The second kappa shape index (κ2) is 7.90. The Kier molecular flexibility index (Phi) is 5.33. The van der Waals surface area contributed by atoms with E-state index in [1.54, 1.807) is 6.07 Å². The summed E-state index contributed by atoms with van der Waals surface area (Å²) >= 11 is 3.53. The Morgan fingerprint density at radius 2 is 1.71 bits per heavy atom. The van der Waals surface area contributed by atoms with Crippen LogP contribution in [0.3, 0.4) is 0 Å². The molecule has 0 amide bonds. The molecule has 0 spiro atoms. The maximum absolute atomic E-state index is 10.5. The molecule has 2 atom stereocenters. The van der Waals surface area contributed by atoms with Crippen LogP contribution in [-0.2, 0) is 0 Å². The number of nitrogens with one attached hydrogen (secondary N) is 1. The zero-order valence-electron chi connectivity index (χ0n) is 16.0. The summed E-state index contributed by atoms with van der Waals surface area (Å²) < 4.78 is 0.953. The van der Waals surface area contributed by atoms with E-state index in [1.165, 1.54) is 11.1 Å². The highest BCUT2D eigenvalue weighted by atomic mass is 79.9. The fourth-order valence-corrected chi connectivity index (χ4v) is 4.06. The molecular formula is C24H23BrN2O. The van der Waals surface area contributed by atoms with Gasteiger partial charge in [-0.1, -0.05) is 70.0 Å². The van der Waals surface area contributed by atoms with Crippen molar-refractivity contribution in [2.45, 2.75) is 32.5 Å². The number of aromatic hydroxyl groups is 1. The van der Waals surface area contributed by atoms with Crippen LogP contribution >= 0.6 is 15.9 Å². The predicted octanol–water partition coefficient (Wildman–Crippen LogP) is 5.99. The molecule has 2 N–H and O–H groups in total. The number of benzene rings is 3. The second-order valence-electron chi connectivity index (χ2n) is 7.33. The zero-order valence-corrected chi connectivity index (χ0v) is 17.6. The number of aryl methyl sites for hydroxylation is 2. The van der Waals surface area contributed by atoms with Gasteiger partial charge >= 0.3 is 0 Å². The van der Waals surface area contributed by atoms with Crippen molar-refractivity contribution in [1.82, 2.24) is 5.32 Å². The van der Waals surface area contributed by atoms with Gasteiger partial charge < -0.3 is 5.11 Å². The van der Waals surface area contributed by atoms with Crippen molar-refractivity contribution in [3.05, 3.63) is 99.0 Å². The summed E-state index contributed by atoms with van der Waals surface area (Å²) in [5.41, 5.74) is 6.65. The number of rotatable bonds is 3. The summed E-state index contributed by atoms with van der Waals surface area (Å²) in [6.45, 7) is 4.20. The second-order valence-corrected chi connectivity index (χ2v) is 8.24. The Bertz CT molecular complexity index is 1030. The third kappa shape index (κ3) is 3.89. The molecule has 28 heavy (non-hydrogen) atoms. The molecule has 0 saturated heterocycles. The van der Waals surface area contributed by atoms with Gasteiger partial charge in [-0.2, -0.15) is 0 Å². The molecule has 0 radical (unpaired) electrons. The van der Waals surface area contributed by atoms with Crippen LogP contribution in [0.4, 0.5) is 0 Å². The number of nitrogens with zero attached hydrogens (tertiary/aromatic N) is 1. The molecule has 0 unspecified atom stereocenters. The van der Waals surface area contributed by atoms with Crippen LogP contribution in [0.1, 0.15) is 46.4 Å². The van der Waals surface area contributed by atoms with E-state index in [0.717, 1.165) is 33.3 Å². The predicted molar refractivity (Wildman–Crippen MR) is 118 cm³/mol. The lowest BCUT2D eigenvalue weighted by Crippen LogP contribution is -2.33. The first kappa shape index (κ1) is 18.9. The van der Waals surface area contributed by atoms with Crippen molar-refractivity contribution in [2.75, 3.05) is 0 Å². The standard InChI is InChI=1S/C24H23BrN2O/c1-15-7-9-17(10-8-15)21-14-22(20-13-18(25)11-12-23(20)28)27-24(26-21)19-6-4-3-5-16(19)2/h3-13,22,24,27-28H,14H2,1-2H3/t22-,24-/m0/s1. The van der Waals surface area contributed by atoms with E-state index in [9.17, 15) is 5.11 Å². The van der Waals surface area contributed by atoms with Crippen molar-refractivity contribution < 1.29 is 5.11 Å². The molecular weight excluding hydrogens is 412 g/mol. The van der Waals surface area contributed by atoms with Gasteiger partial charge in [-0.25, -0.2) is 0 Å². The average molecular weight is 435 g/mol. The zero-order chi connectivity index (χ0) is 19.7. The Hall–Kier alpha value is -2.43. The normalized spacial score (nSPS) is 19.3. The van der Waals surface area contributed by atoms with Gasteiger partial charge in [0.25, 0.3) is 0 Å². The van der Waals surface area contributed by atoms with Crippen LogP contribution in [0.5, 0.6) is 5.75 Å². The van der Waals surface area contributed by atoms with Crippen LogP contribution in [0, 0.1) is 13.8 Å². The Balaban J connectivity index is 1.79. The maximum atomic E-state index is 10.5. The van der Waals surface area contributed by atoms with Crippen molar-refractivity contribution in [3.8, 4) is 5.75 Å². The molecule has 3 aromatic carbocycles. The molecule has 4 heteroatoms. The first-order valence-corrected chi connectivity index (χ1v) is 10.2. The summed E-state index contributed by atoms with van der Waals surface area (Å²) in [5.74, 6) is 0.300. The third-order valence-corrected chi connectivity index (χ3v) is 5.77. The minimum absolute atomic E-state index is 0.0316.